The van der Waals surface area contributed by atoms with Gasteiger partial charge in [-0.25, -0.2) is 9.59 Å². The normalized spacial score (nSPS) is 12.4. The number of hydrogen-bond donors (Lipinski definition) is 2. The Balaban J connectivity index is 1.91. The molecule has 0 aliphatic carbocycles. The van der Waals surface area contributed by atoms with Gasteiger partial charge in [0.15, 0.2) is 18.1 Å². The van der Waals surface area contributed by atoms with Gasteiger partial charge in [0.1, 0.15) is 13.2 Å². The SMILES string of the molecule is CCNC(=O)NC(=O)COC(=O)/C=C/c1cc(OC)c2c(c1)OCCO2. The van der Waals surface area contributed by atoms with E-state index in [0.717, 1.165) is 6.08 Å². The van der Waals surface area contributed by atoms with Gasteiger partial charge in [-0.2, -0.15) is 0 Å². The number of esters is 1. The zero-order valence-electron chi connectivity index (χ0n) is 14.5. The van der Waals surface area contributed by atoms with Gasteiger partial charge < -0.3 is 24.3 Å². The van der Waals surface area contributed by atoms with Crippen molar-refractivity contribution in [2.45, 2.75) is 6.92 Å². The highest BCUT2D eigenvalue weighted by molar-refractivity contribution is 5.96. The van der Waals surface area contributed by atoms with E-state index >= 15 is 0 Å². The Kier molecular flexibility index (Phi) is 6.84. The summed E-state index contributed by atoms with van der Waals surface area (Å²) in [5.74, 6) is 0.0607. The van der Waals surface area contributed by atoms with E-state index in [1.165, 1.54) is 13.2 Å². The zero-order chi connectivity index (χ0) is 18.9. The molecular weight excluding hydrogens is 344 g/mol. The number of ether oxygens (including phenoxy) is 4. The average molecular weight is 364 g/mol. The molecule has 9 nitrogen and oxygen atoms in total. The van der Waals surface area contributed by atoms with Crippen LogP contribution < -0.4 is 24.8 Å². The number of amides is 3. The minimum absolute atomic E-state index is 0.376. The van der Waals surface area contributed by atoms with Crippen molar-refractivity contribution in [1.82, 2.24) is 10.6 Å². The van der Waals surface area contributed by atoms with Crippen molar-refractivity contribution in [2.24, 2.45) is 0 Å². The molecule has 0 fully saturated rings. The Bertz CT molecular complexity index is 698. The minimum atomic E-state index is -0.732. The van der Waals surface area contributed by atoms with Gasteiger partial charge in [0.05, 0.1) is 7.11 Å². The fourth-order valence-electron chi connectivity index (χ4n) is 2.11. The first-order valence-corrected chi connectivity index (χ1v) is 7.93. The highest BCUT2D eigenvalue weighted by Crippen LogP contribution is 2.40. The van der Waals surface area contributed by atoms with Crippen molar-refractivity contribution in [1.29, 1.82) is 0 Å². The summed E-state index contributed by atoms with van der Waals surface area (Å²) in [6, 6.07) is 2.73. The first-order valence-electron chi connectivity index (χ1n) is 7.93. The number of carbonyl (C=O) groups excluding carboxylic acids is 3. The van der Waals surface area contributed by atoms with Gasteiger partial charge in [-0.3, -0.25) is 10.1 Å². The molecule has 26 heavy (non-hydrogen) atoms. The van der Waals surface area contributed by atoms with Crippen molar-refractivity contribution in [3.8, 4) is 17.2 Å². The van der Waals surface area contributed by atoms with Crippen molar-refractivity contribution in [2.75, 3.05) is 33.5 Å². The maximum atomic E-state index is 11.7. The second-order valence-electron chi connectivity index (χ2n) is 5.10. The molecule has 140 valence electrons. The molecule has 9 heteroatoms. The zero-order valence-corrected chi connectivity index (χ0v) is 14.5. The Morgan fingerprint density at radius 1 is 1.23 bits per heavy atom. The third kappa shape index (κ3) is 5.40. The molecule has 2 rings (SSSR count). The molecule has 1 aromatic rings. The van der Waals surface area contributed by atoms with E-state index in [0.29, 0.717) is 42.6 Å². The van der Waals surface area contributed by atoms with E-state index in [9.17, 15) is 14.4 Å². The van der Waals surface area contributed by atoms with Gasteiger partial charge >= 0.3 is 12.0 Å². The number of nitrogens with one attached hydrogen (secondary N) is 2. The molecule has 2 N–H and O–H groups in total. The number of imide groups is 1. The van der Waals surface area contributed by atoms with Crippen LogP contribution in [-0.4, -0.2) is 51.4 Å². The summed E-state index contributed by atoms with van der Waals surface area (Å²) in [6.07, 6.45) is 2.65. The van der Waals surface area contributed by atoms with Crippen LogP contribution in [0.5, 0.6) is 17.2 Å². The predicted molar refractivity (Wildman–Crippen MR) is 91.2 cm³/mol. The quantitative estimate of drug-likeness (QED) is 0.569. The van der Waals surface area contributed by atoms with Gasteiger partial charge in [0, 0.05) is 12.6 Å². The van der Waals surface area contributed by atoms with Crippen LogP contribution in [-0.2, 0) is 14.3 Å². The summed E-state index contributed by atoms with van der Waals surface area (Å²) in [6.45, 7) is 2.38. The molecule has 1 aliphatic rings. The Morgan fingerprint density at radius 3 is 2.73 bits per heavy atom. The van der Waals surface area contributed by atoms with Gasteiger partial charge in [0.2, 0.25) is 5.75 Å². The number of rotatable bonds is 6. The average Bonchev–Trinajstić information content (AvgIpc) is 2.64. The number of methoxy groups -OCH3 is 1. The fourth-order valence-corrected chi connectivity index (χ4v) is 2.11. The smallest absolute Gasteiger partial charge is 0.331 e. The fraction of sp³-hybridized carbons (Fsp3) is 0.353. The molecule has 3 amide bonds. The van der Waals surface area contributed by atoms with E-state index < -0.39 is 24.5 Å². The van der Waals surface area contributed by atoms with E-state index in [-0.39, 0.29) is 0 Å². The molecule has 0 aromatic heterocycles. The topological polar surface area (TPSA) is 112 Å². The van der Waals surface area contributed by atoms with Crippen molar-refractivity contribution < 1.29 is 33.3 Å². The lowest BCUT2D eigenvalue weighted by molar-refractivity contribution is -0.143. The van der Waals surface area contributed by atoms with Crippen LogP contribution in [0.2, 0.25) is 0 Å². The molecule has 0 spiro atoms. The summed E-state index contributed by atoms with van der Waals surface area (Å²) in [7, 11) is 1.50. The maximum absolute atomic E-state index is 11.7. The standard InChI is InChI=1S/C17H20N2O7/c1-3-18-17(22)19-14(20)10-26-15(21)5-4-11-8-12(23-2)16-13(9-11)24-6-7-25-16/h4-5,8-9H,3,6-7,10H2,1-2H3,(H2,18,19,20,22)/b5-4+. The van der Waals surface area contributed by atoms with Crippen LogP contribution in [0.1, 0.15) is 12.5 Å². The van der Waals surface area contributed by atoms with Crippen molar-refractivity contribution in [3.05, 3.63) is 23.8 Å². The van der Waals surface area contributed by atoms with Crippen LogP contribution in [0.3, 0.4) is 0 Å². The number of urea groups is 1. The number of carbonyl (C=O) groups is 3. The summed E-state index contributed by atoms with van der Waals surface area (Å²) >= 11 is 0. The van der Waals surface area contributed by atoms with Crippen LogP contribution in [0.15, 0.2) is 18.2 Å². The lowest BCUT2D eigenvalue weighted by Crippen LogP contribution is -2.41. The Labute approximate surface area is 150 Å². The third-order valence-electron chi connectivity index (χ3n) is 3.20. The minimum Gasteiger partial charge on any atom is -0.493 e. The number of hydrogen-bond acceptors (Lipinski definition) is 7. The summed E-state index contributed by atoms with van der Waals surface area (Å²) < 4.78 is 21.0. The van der Waals surface area contributed by atoms with Crippen LogP contribution in [0, 0.1) is 0 Å². The highest BCUT2D eigenvalue weighted by Gasteiger charge is 2.18. The van der Waals surface area contributed by atoms with Crippen LogP contribution in [0.25, 0.3) is 6.08 Å². The monoisotopic (exact) mass is 364 g/mol. The van der Waals surface area contributed by atoms with E-state index in [4.69, 9.17) is 18.9 Å². The number of benzene rings is 1. The van der Waals surface area contributed by atoms with Gasteiger partial charge in [0.25, 0.3) is 5.91 Å². The molecule has 0 atom stereocenters. The van der Waals surface area contributed by atoms with Crippen LogP contribution >= 0.6 is 0 Å². The molecule has 0 saturated carbocycles. The Morgan fingerprint density at radius 2 is 2.00 bits per heavy atom. The lowest BCUT2D eigenvalue weighted by Gasteiger charge is -2.20. The highest BCUT2D eigenvalue weighted by atomic mass is 16.6. The van der Waals surface area contributed by atoms with Crippen LogP contribution in [0.4, 0.5) is 4.79 Å². The third-order valence-corrected chi connectivity index (χ3v) is 3.20. The van der Waals surface area contributed by atoms with E-state index in [1.54, 1.807) is 19.1 Å². The molecule has 1 aliphatic heterocycles. The molecule has 0 unspecified atom stereocenters. The molecule has 1 heterocycles. The van der Waals surface area contributed by atoms with E-state index in [2.05, 4.69) is 5.32 Å². The summed E-state index contributed by atoms with van der Waals surface area (Å²) in [5, 5.41) is 4.41. The molecule has 1 aromatic carbocycles. The molecule has 0 radical (unpaired) electrons. The predicted octanol–water partition coefficient (Wildman–Crippen LogP) is 0.869. The Hall–Kier alpha value is -3.23. The van der Waals surface area contributed by atoms with Gasteiger partial charge in [-0.15, -0.1) is 0 Å². The first kappa shape index (κ1) is 19.1. The van der Waals surface area contributed by atoms with E-state index in [1.807, 2.05) is 5.32 Å². The second-order valence-corrected chi connectivity index (χ2v) is 5.10. The van der Waals surface area contributed by atoms with Gasteiger partial charge in [-0.1, -0.05) is 0 Å². The largest absolute Gasteiger partial charge is 0.493 e. The summed E-state index contributed by atoms with van der Waals surface area (Å²) in [4.78, 5) is 34.3. The van der Waals surface area contributed by atoms with Crippen molar-refractivity contribution in [3.63, 3.8) is 0 Å². The second kappa shape index (κ2) is 9.30. The molecule has 0 saturated heterocycles. The molecular formula is C17H20N2O7. The summed E-state index contributed by atoms with van der Waals surface area (Å²) in [5.41, 5.74) is 0.634. The lowest BCUT2D eigenvalue weighted by atomic mass is 10.1. The molecule has 0 bridgehead atoms. The van der Waals surface area contributed by atoms with Crippen molar-refractivity contribution >= 4 is 24.0 Å². The first-order chi connectivity index (χ1) is 12.5. The maximum Gasteiger partial charge on any atom is 0.331 e. The van der Waals surface area contributed by atoms with Gasteiger partial charge in [-0.05, 0) is 30.7 Å². The number of fused-ring (bicyclic) bond motifs is 1.